The first-order chi connectivity index (χ1) is 18.0. The van der Waals surface area contributed by atoms with Crippen LogP contribution in [0.4, 0.5) is 11.4 Å². The molecule has 0 aromatic heterocycles. The van der Waals surface area contributed by atoms with Crippen LogP contribution in [0.5, 0.6) is 5.75 Å². The van der Waals surface area contributed by atoms with Gasteiger partial charge in [0.25, 0.3) is 15.9 Å². The van der Waals surface area contributed by atoms with E-state index in [9.17, 15) is 21.6 Å². The molecule has 1 aliphatic heterocycles. The Kier molecular flexibility index (Phi) is 8.31. The van der Waals surface area contributed by atoms with Gasteiger partial charge in [-0.1, -0.05) is 24.6 Å². The van der Waals surface area contributed by atoms with Crippen molar-refractivity contribution >= 4 is 48.9 Å². The van der Waals surface area contributed by atoms with Gasteiger partial charge in [0.1, 0.15) is 5.75 Å². The van der Waals surface area contributed by atoms with Crippen molar-refractivity contribution in [2.75, 3.05) is 22.8 Å². The maximum Gasteiger partial charge on any atom is 0.264 e. The first-order valence-corrected chi connectivity index (χ1v) is 15.3. The zero-order valence-electron chi connectivity index (χ0n) is 20.8. The lowest BCUT2D eigenvalue weighted by molar-refractivity contribution is -0.118. The number of nitrogens with one attached hydrogen (secondary N) is 2. The summed E-state index contributed by atoms with van der Waals surface area (Å²) in [6.07, 6.45) is 1.22. The second-order valence-electron chi connectivity index (χ2n) is 8.86. The lowest BCUT2D eigenvalue weighted by Gasteiger charge is -2.20. The van der Waals surface area contributed by atoms with E-state index in [1.54, 1.807) is 25.1 Å². The Bertz CT molecular complexity index is 1530. The van der Waals surface area contributed by atoms with Crippen LogP contribution >= 0.6 is 11.6 Å². The zero-order valence-corrected chi connectivity index (χ0v) is 23.2. The van der Waals surface area contributed by atoms with Crippen LogP contribution in [0, 0.1) is 0 Å². The number of carbonyl (C=O) groups is 1. The summed E-state index contributed by atoms with van der Waals surface area (Å²) in [7, 11) is -7.43. The van der Waals surface area contributed by atoms with Gasteiger partial charge in [-0.3, -0.25) is 9.10 Å². The van der Waals surface area contributed by atoms with Gasteiger partial charge >= 0.3 is 0 Å². The molecule has 0 spiro atoms. The van der Waals surface area contributed by atoms with E-state index in [1.165, 1.54) is 52.8 Å². The SMILES string of the molecule is CCC(C)NS(=O)(=O)c1ccc(OCC(=O)Nc2ccc3c(c2)N(S(=O)(=O)c2ccc(Cl)cc2)CC3)cc1. The van der Waals surface area contributed by atoms with E-state index in [0.717, 1.165) is 5.56 Å². The van der Waals surface area contributed by atoms with E-state index < -0.39 is 26.0 Å². The molecule has 38 heavy (non-hydrogen) atoms. The van der Waals surface area contributed by atoms with Gasteiger partial charge in [-0.05, 0) is 86.0 Å². The van der Waals surface area contributed by atoms with Gasteiger partial charge in [0, 0.05) is 23.3 Å². The van der Waals surface area contributed by atoms with E-state index in [2.05, 4.69) is 10.0 Å². The maximum absolute atomic E-state index is 13.2. The van der Waals surface area contributed by atoms with Gasteiger partial charge in [0.15, 0.2) is 6.61 Å². The lowest BCUT2D eigenvalue weighted by atomic mass is 10.1. The fourth-order valence-corrected chi connectivity index (χ4v) is 6.84. The summed E-state index contributed by atoms with van der Waals surface area (Å²) in [6, 6.07) is 16.7. The Hall–Kier alpha value is -3.12. The Morgan fingerprint density at radius 2 is 1.66 bits per heavy atom. The summed E-state index contributed by atoms with van der Waals surface area (Å²) in [5.74, 6) is -0.123. The van der Waals surface area contributed by atoms with Crippen molar-refractivity contribution in [2.45, 2.75) is 42.5 Å². The zero-order chi connectivity index (χ0) is 27.5. The first-order valence-electron chi connectivity index (χ1n) is 12.0. The number of anilines is 2. The van der Waals surface area contributed by atoms with Gasteiger partial charge in [-0.15, -0.1) is 0 Å². The summed E-state index contributed by atoms with van der Waals surface area (Å²) < 4.78 is 60.5. The summed E-state index contributed by atoms with van der Waals surface area (Å²) >= 11 is 5.90. The fraction of sp³-hybridized carbons (Fsp3) is 0.269. The predicted octanol–water partition coefficient (Wildman–Crippen LogP) is 4.19. The normalized spacial score (nSPS) is 14.1. The number of amides is 1. The van der Waals surface area contributed by atoms with Gasteiger partial charge in [-0.25, -0.2) is 21.6 Å². The number of sulfonamides is 2. The summed E-state index contributed by atoms with van der Waals surface area (Å²) in [5, 5.41) is 3.16. The highest BCUT2D eigenvalue weighted by Crippen LogP contribution is 2.35. The van der Waals surface area contributed by atoms with Crippen LogP contribution in [0.25, 0.3) is 0 Å². The molecule has 0 saturated carbocycles. The standard InChI is InChI=1S/C26H28ClN3O6S2/c1-3-18(2)29-37(32,33)23-12-8-22(9-13-23)36-17-26(31)28-21-7-4-19-14-15-30(25(19)16-21)38(34,35)24-10-5-20(27)6-11-24/h4-13,16,18,29H,3,14-15,17H2,1-2H3,(H,28,31). The molecule has 0 bridgehead atoms. The minimum Gasteiger partial charge on any atom is -0.484 e. The number of carbonyl (C=O) groups excluding carboxylic acids is 1. The minimum atomic E-state index is -3.79. The van der Waals surface area contributed by atoms with E-state index >= 15 is 0 Å². The van der Waals surface area contributed by atoms with Gasteiger partial charge in [-0.2, -0.15) is 0 Å². The molecule has 0 fully saturated rings. The van der Waals surface area contributed by atoms with E-state index in [-0.39, 0.29) is 22.4 Å². The molecule has 2 N–H and O–H groups in total. The molecule has 4 rings (SSSR count). The molecule has 0 saturated heterocycles. The van der Waals surface area contributed by atoms with Crippen LogP contribution in [0.1, 0.15) is 25.8 Å². The number of nitrogens with zero attached hydrogens (tertiary/aromatic N) is 1. The molecule has 1 unspecified atom stereocenters. The monoisotopic (exact) mass is 577 g/mol. The van der Waals surface area contributed by atoms with Gasteiger partial charge < -0.3 is 10.1 Å². The van der Waals surface area contributed by atoms with Crippen molar-refractivity contribution < 1.29 is 26.4 Å². The molecule has 3 aromatic carbocycles. The van der Waals surface area contributed by atoms with E-state index in [4.69, 9.17) is 16.3 Å². The van der Waals surface area contributed by atoms with Crippen LogP contribution in [0.15, 0.2) is 76.5 Å². The fourth-order valence-electron chi connectivity index (χ4n) is 3.89. The number of ether oxygens (including phenoxy) is 1. The van der Waals surface area contributed by atoms with Crippen LogP contribution in [0.2, 0.25) is 5.02 Å². The van der Waals surface area contributed by atoms with E-state index in [1.807, 2.05) is 6.92 Å². The second-order valence-corrected chi connectivity index (χ2v) is 12.9. The molecular formula is C26H28ClN3O6S2. The van der Waals surface area contributed by atoms with Crippen molar-refractivity contribution in [2.24, 2.45) is 0 Å². The molecule has 1 amide bonds. The number of hydrogen-bond acceptors (Lipinski definition) is 6. The summed E-state index contributed by atoms with van der Waals surface area (Å²) in [5.41, 5.74) is 1.78. The van der Waals surface area contributed by atoms with E-state index in [0.29, 0.717) is 41.5 Å². The molecule has 12 heteroatoms. The van der Waals surface area contributed by atoms with Gasteiger partial charge in [0.05, 0.1) is 15.5 Å². The van der Waals surface area contributed by atoms with Crippen LogP contribution < -0.4 is 19.1 Å². The molecule has 3 aromatic rings. The third-order valence-electron chi connectivity index (χ3n) is 6.10. The van der Waals surface area contributed by atoms with Crippen LogP contribution in [-0.4, -0.2) is 41.9 Å². The highest BCUT2D eigenvalue weighted by Gasteiger charge is 2.31. The highest BCUT2D eigenvalue weighted by atomic mass is 35.5. The number of fused-ring (bicyclic) bond motifs is 1. The molecular weight excluding hydrogens is 550 g/mol. The number of rotatable bonds is 10. The molecule has 9 nitrogen and oxygen atoms in total. The highest BCUT2D eigenvalue weighted by molar-refractivity contribution is 7.92. The summed E-state index contributed by atoms with van der Waals surface area (Å²) in [4.78, 5) is 12.7. The van der Waals surface area contributed by atoms with Crippen LogP contribution in [-0.2, 0) is 31.3 Å². The third-order valence-corrected chi connectivity index (χ3v) is 9.78. The van der Waals surface area contributed by atoms with Crippen molar-refractivity contribution in [1.29, 1.82) is 0 Å². The largest absolute Gasteiger partial charge is 0.484 e. The quantitative estimate of drug-likeness (QED) is 0.373. The average molecular weight is 578 g/mol. The number of halogens is 1. The Balaban J connectivity index is 1.39. The Morgan fingerprint density at radius 3 is 2.32 bits per heavy atom. The second kappa shape index (κ2) is 11.3. The average Bonchev–Trinajstić information content (AvgIpc) is 3.32. The Morgan fingerprint density at radius 1 is 1.00 bits per heavy atom. The van der Waals surface area contributed by atoms with Crippen molar-refractivity contribution in [1.82, 2.24) is 4.72 Å². The van der Waals surface area contributed by atoms with Crippen molar-refractivity contribution in [3.63, 3.8) is 0 Å². The first kappa shape index (κ1) is 27.9. The molecule has 1 atom stereocenters. The molecule has 202 valence electrons. The maximum atomic E-state index is 13.2. The third kappa shape index (κ3) is 6.29. The molecule has 1 aliphatic rings. The van der Waals surface area contributed by atoms with Crippen LogP contribution in [0.3, 0.4) is 0 Å². The smallest absolute Gasteiger partial charge is 0.264 e. The molecule has 1 heterocycles. The van der Waals surface area contributed by atoms with Gasteiger partial charge in [0.2, 0.25) is 10.0 Å². The topological polar surface area (TPSA) is 122 Å². The van der Waals surface area contributed by atoms with Crippen molar-refractivity contribution in [3.05, 3.63) is 77.3 Å². The number of hydrogen-bond donors (Lipinski definition) is 2. The van der Waals surface area contributed by atoms with Crippen molar-refractivity contribution in [3.8, 4) is 5.75 Å². The summed E-state index contributed by atoms with van der Waals surface area (Å²) in [6.45, 7) is 3.64. The molecule has 0 aliphatic carbocycles. The minimum absolute atomic E-state index is 0.103. The predicted molar refractivity (Wildman–Crippen MR) is 147 cm³/mol. The molecule has 0 radical (unpaired) electrons. The number of benzene rings is 3. The lowest BCUT2D eigenvalue weighted by Crippen LogP contribution is -2.31. The Labute approximate surface area is 227 Å².